The zero-order chi connectivity index (χ0) is 14.1. The van der Waals surface area contributed by atoms with Crippen molar-refractivity contribution in [1.82, 2.24) is 4.90 Å². The summed E-state index contributed by atoms with van der Waals surface area (Å²) >= 11 is 0. The van der Waals surface area contributed by atoms with Crippen molar-refractivity contribution >= 4 is 12.1 Å². The van der Waals surface area contributed by atoms with Crippen molar-refractivity contribution < 1.29 is 23.8 Å². The molecule has 3 rings (SSSR count). The topological polar surface area (TPSA) is 68.4 Å². The molecule has 6 heteroatoms. The number of likely N-dealkylation sites (tertiary alicyclic amines) is 1. The summed E-state index contributed by atoms with van der Waals surface area (Å²) < 4.78 is 15.2. The third-order valence-electron chi connectivity index (χ3n) is 3.53. The van der Waals surface area contributed by atoms with E-state index in [0.29, 0.717) is 6.54 Å². The first kappa shape index (κ1) is 12.9. The molecule has 20 heavy (non-hydrogen) atoms. The number of ether oxygens (including phenoxy) is 3. The van der Waals surface area contributed by atoms with Crippen LogP contribution in [0.25, 0.3) is 0 Å². The lowest BCUT2D eigenvalue weighted by Crippen LogP contribution is -2.45. The molecule has 0 aromatic heterocycles. The molecule has 3 atom stereocenters. The summed E-state index contributed by atoms with van der Waals surface area (Å²) in [7, 11) is 1.30. The third-order valence-corrected chi connectivity index (χ3v) is 3.53. The standard InChI is InChI=1S/C14H15NO5/c1-18-13(16)11-12-10(20-12)7-15(11)14(17)19-8-9-5-3-2-4-6-9/h2-6,10-12H,7-8H2,1H3/t10-,11+,12-/m0/s1. The maximum absolute atomic E-state index is 12.1. The fourth-order valence-corrected chi connectivity index (χ4v) is 2.44. The Labute approximate surface area is 116 Å². The van der Waals surface area contributed by atoms with Crippen molar-refractivity contribution in [3.8, 4) is 0 Å². The van der Waals surface area contributed by atoms with Crippen molar-refractivity contribution in [2.45, 2.75) is 24.9 Å². The van der Waals surface area contributed by atoms with Gasteiger partial charge in [0.1, 0.15) is 18.8 Å². The lowest BCUT2D eigenvalue weighted by atomic mass is 10.2. The summed E-state index contributed by atoms with van der Waals surface area (Å²) in [5.74, 6) is -0.466. The van der Waals surface area contributed by atoms with Crippen LogP contribution in [-0.2, 0) is 25.6 Å². The second-order valence-electron chi connectivity index (χ2n) is 4.80. The van der Waals surface area contributed by atoms with E-state index in [1.165, 1.54) is 12.0 Å². The highest BCUT2D eigenvalue weighted by Gasteiger charge is 2.60. The van der Waals surface area contributed by atoms with Gasteiger partial charge < -0.3 is 14.2 Å². The van der Waals surface area contributed by atoms with Gasteiger partial charge in [0.2, 0.25) is 0 Å². The summed E-state index contributed by atoms with van der Waals surface area (Å²) in [5, 5.41) is 0. The average molecular weight is 277 g/mol. The fraction of sp³-hybridized carbons (Fsp3) is 0.429. The Kier molecular flexibility index (Phi) is 3.31. The summed E-state index contributed by atoms with van der Waals surface area (Å²) in [6.07, 6.45) is -0.824. The Morgan fingerprint density at radius 1 is 1.35 bits per heavy atom. The molecule has 0 N–H and O–H groups in total. The van der Waals surface area contributed by atoms with Gasteiger partial charge in [-0.2, -0.15) is 0 Å². The van der Waals surface area contributed by atoms with Crippen LogP contribution in [0.5, 0.6) is 0 Å². The number of esters is 1. The number of hydrogen-bond acceptors (Lipinski definition) is 5. The van der Waals surface area contributed by atoms with Crippen molar-refractivity contribution in [1.29, 1.82) is 0 Å². The van der Waals surface area contributed by atoms with E-state index in [1.807, 2.05) is 30.3 Å². The van der Waals surface area contributed by atoms with Gasteiger partial charge in [0, 0.05) is 0 Å². The third kappa shape index (κ3) is 2.34. The van der Waals surface area contributed by atoms with Gasteiger partial charge in [-0.15, -0.1) is 0 Å². The second kappa shape index (κ2) is 5.13. The highest BCUT2D eigenvalue weighted by Crippen LogP contribution is 2.37. The molecule has 2 saturated heterocycles. The van der Waals surface area contributed by atoms with Crippen molar-refractivity contribution in [3.63, 3.8) is 0 Å². The number of nitrogens with zero attached hydrogens (tertiary/aromatic N) is 1. The molecule has 0 saturated carbocycles. The Balaban J connectivity index is 1.61. The molecule has 2 fully saturated rings. The molecular weight excluding hydrogens is 262 g/mol. The van der Waals surface area contributed by atoms with Crippen LogP contribution in [-0.4, -0.2) is 48.9 Å². The number of carbonyl (C=O) groups excluding carboxylic acids is 2. The Morgan fingerprint density at radius 3 is 2.80 bits per heavy atom. The van der Waals surface area contributed by atoms with E-state index in [2.05, 4.69) is 0 Å². The zero-order valence-electron chi connectivity index (χ0n) is 11.0. The summed E-state index contributed by atoms with van der Waals surface area (Å²) in [5.41, 5.74) is 0.899. The van der Waals surface area contributed by atoms with E-state index < -0.39 is 18.1 Å². The normalized spacial score (nSPS) is 26.9. The highest BCUT2D eigenvalue weighted by molar-refractivity contribution is 5.83. The first-order valence-corrected chi connectivity index (χ1v) is 6.41. The van der Waals surface area contributed by atoms with E-state index in [1.54, 1.807) is 0 Å². The number of rotatable bonds is 3. The van der Waals surface area contributed by atoms with Crippen molar-refractivity contribution in [2.24, 2.45) is 0 Å². The van der Waals surface area contributed by atoms with Gasteiger partial charge in [-0.1, -0.05) is 30.3 Å². The molecule has 2 aliphatic rings. The van der Waals surface area contributed by atoms with E-state index in [4.69, 9.17) is 14.2 Å². The van der Waals surface area contributed by atoms with E-state index in [9.17, 15) is 9.59 Å². The summed E-state index contributed by atoms with van der Waals surface area (Å²) in [4.78, 5) is 25.1. The van der Waals surface area contributed by atoms with E-state index in [0.717, 1.165) is 5.56 Å². The van der Waals surface area contributed by atoms with E-state index in [-0.39, 0.29) is 18.8 Å². The van der Waals surface area contributed by atoms with Gasteiger partial charge in [-0.05, 0) is 5.56 Å². The van der Waals surface area contributed by atoms with Gasteiger partial charge in [0.05, 0.1) is 13.7 Å². The monoisotopic (exact) mass is 277 g/mol. The number of morpholine rings is 1. The predicted octanol–water partition coefficient (Wildman–Crippen LogP) is 0.948. The van der Waals surface area contributed by atoms with E-state index >= 15 is 0 Å². The lowest BCUT2D eigenvalue weighted by molar-refractivity contribution is -0.146. The van der Waals surface area contributed by atoms with Crippen LogP contribution < -0.4 is 0 Å². The minimum Gasteiger partial charge on any atom is -0.467 e. The maximum Gasteiger partial charge on any atom is 0.411 e. The molecule has 1 amide bonds. The summed E-state index contributed by atoms with van der Waals surface area (Å²) in [6.45, 7) is 0.554. The van der Waals surface area contributed by atoms with Gasteiger partial charge in [-0.3, -0.25) is 4.90 Å². The fourth-order valence-electron chi connectivity index (χ4n) is 2.44. The Hall–Kier alpha value is -2.08. The van der Waals surface area contributed by atoms with Gasteiger partial charge in [-0.25, -0.2) is 9.59 Å². The first-order chi connectivity index (χ1) is 9.70. The molecule has 1 aromatic rings. The predicted molar refractivity (Wildman–Crippen MR) is 67.8 cm³/mol. The molecule has 106 valence electrons. The summed E-state index contributed by atoms with van der Waals surface area (Å²) in [6, 6.07) is 8.70. The molecular formula is C14H15NO5. The van der Waals surface area contributed by atoms with Crippen LogP contribution in [0.3, 0.4) is 0 Å². The van der Waals surface area contributed by atoms with Crippen LogP contribution in [0.1, 0.15) is 5.56 Å². The SMILES string of the molecule is COC(=O)[C@H]1[C@H]2O[C@H]2CN1C(=O)OCc1ccccc1. The van der Waals surface area contributed by atoms with Gasteiger partial charge >= 0.3 is 12.1 Å². The van der Waals surface area contributed by atoms with Crippen LogP contribution in [0.15, 0.2) is 30.3 Å². The highest BCUT2D eigenvalue weighted by atomic mass is 16.6. The maximum atomic E-state index is 12.1. The number of amides is 1. The molecule has 0 spiro atoms. The number of carbonyl (C=O) groups is 2. The molecule has 2 aliphatic heterocycles. The molecule has 6 nitrogen and oxygen atoms in total. The number of hydrogen-bond donors (Lipinski definition) is 0. The Bertz CT molecular complexity index is 518. The van der Waals surface area contributed by atoms with Crippen LogP contribution in [0, 0.1) is 0 Å². The molecule has 2 heterocycles. The zero-order valence-corrected chi connectivity index (χ0v) is 11.0. The smallest absolute Gasteiger partial charge is 0.411 e. The number of benzene rings is 1. The van der Waals surface area contributed by atoms with Crippen LogP contribution >= 0.6 is 0 Å². The average Bonchev–Trinajstić information content (AvgIpc) is 3.15. The minimum absolute atomic E-state index is 0.0663. The number of methoxy groups -OCH3 is 1. The van der Waals surface area contributed by atoms with Crippen LogP contribution in [0.2, 0.25) is 0 Å². The lowest BCUT2D eigenvalue weighted by Gasteiger charge is -2.23. The molecule has 0 bridgehead atoms. The van der Waals surface area contributed by atoms with Crippen molar-refractivity contribution in [2.75, 3.05) is 13.7 Å². The first-order valence-electron chi connectivity index (χ1n) is 6.41. The molecule has 0 aliphatic carbocycles. The minimum atomic E-state index is -0.687. The van der Waals surface area contributed by atoms with Gasteiger partial charge in [0.25, 0.3) is 0 Å². The largest absolute Gasteiger partial charge is 0.467 e. The second-order valence-corrected chi connectivity index (χ2v) is 4.80. The number of epoxide rings is 1. The van der Waals surface area contributed by atoms with Gasteiger partial charge in [0.15, 0.2) is 6.04 Å². The van der Waals surface area contributed by atoms with Crippen LogP contribution in [0.4, 0.5) is 4.79 Å². The molecule has 0 unspecified atom stereocenters. The molecule has 1 aromatic carbocycles. The Morgan fingerprint density at radius 2 is 2.10 bits per heavy atom. The van der Waals surface area contributed by atoms with Crippen molar-refractivity contribution in [3.05, 3.63) is 35.9 Å². The number of fused-ring (bicyclic) bond motifs is 1. The quantitative estimate of drug-likeness (QED) is 0.607. The molecule has 0 radical (unpaired) electrons.